The van der Waals surface area contributed by atoms with Gasteiger partial charge in [0, 0.05) is 12.8 Å². The zero-order valence-corrected chi connectivity index (χ0v) is 19.0. The predicted octanol–water partition coefficient (Wildman–Crippen LogP) is 3.30. The van der Waals surface area contributed by atoms with Crippen LogP contribution in [0.5, 0.6) is 0 Å². The highest BCUT2D eigenvalue weighted by Crippen LogP contribution is 2.36. The van der Waals surface area contributed by atoms with Crippen molar-refractivity contribution in [1.82, 2.24) is 25.8 Å². The van der Waals surface area contributed by atoms with Gasteiger partial charge in [-0.2, -0.15) is 0 Å². The summed E-state index contributed by atoms with van der Waals surface area (Å²) in [4.78, 5) is 16.1. The molecule has 0 spiro atoms. The molecule has 0 aliphatic rings. The van der Waals surface area contributed by atoms with Gasteiger partial charge >= 0.3 is 6.03 Å². The Bertz CT molecular complexity index is 1350. The van der Waals surface area contributed by atoms with Gasteiger partial charge in [0.15, 0.2) is 15.1 Å². The van der Waals surface area contributed by atoms with E-state index in [0.717, 1.165) is 22.1 Å². The third-order valence-electron chi connectivity index (χ3n) is 4.61. The molecule has 0 saturated carbocycles. The molecule has 0 saturated heterocycles. The Morgan fingerprint density at radius 2 is 1.88 bits per heavy atom. The van der Waals surface area contributed by atoms with Gasteiger partial charge in [0.25, 0.3) is 0 Å². The Morgan fingerprint density at radius 3 is 2.59 bits per heavy atom. The van der Waals surface area contributed by atoms with Gasteiger partial charge in [0.2, 0.25) is 11.8 Å². The van der Waals surface area contributed by atoms with Crippen LogP contribution < -0.4 is 10.6 Å². The largest absolute Gasteiger partial charge is 0.421 e. The molecule has 0 fully saturated rings. The predicted molar refractivity (Wildman–Crippen MR) is 122 cm³/mol. The molecule has 2 aromatic carbocycles. The first-order valence-corrected chi connectivity index (χ1v) is 12.6. The average Bonchev–Trinajstić information content (AvgIpc) is 3.38. The molecule has 9 nitrogen and oxygen atoms in total. The molecule has 166 valence electrons. The summed E-state index contributed by atoms with van der Waals surface area (Å²) in [5.41, 5.74) is 2.77. The molecule has 1 atom stereocenters. The van der Waals surface area contributed by atoms with Crippen LogP contribution in [0.2, 0.25) is 0 Å². The Labute approximate surface area is 188 Å². The minimum atomic E-state index is -3.66. The van der Waals surface area contributed by atoms with Crippen molar-refractivity contribution in [1.29, 1.82) is 0 Å². The van der Waals surface area contributed by atoms with Crippen LogP contribution in [-0.4, -0.2) is 42.4 Å². The van der Waals surface area contributed by atoms with Gasteiger partial charge in [-0.25, -0.2) is 18.2 Å². The van der Waals surface area contributed by atoms with Crippen molar-refractivity contribution in [2.45, 2.75) is 18.7 Å². The fourth-order valence-corrected chi connectivity index (χ4v) is 5.69. The van der Waals surface area contributed by atoms with E-state index in [-0.39, 0.29) is 24.4 Å². The molecular weight excluding hydrogens is 450 g/mol. The van der Waals surface area contributed by atoms with E-state index >= 15 is 0 Å². The Kier molecular flexibility index (Phi) is 6.19. The van der Waals surface area contributed by atoms with E-state index in [4.69, 9.17) is 4.42 Å². The third kappa shape index (κ3) is 4.78. The highest BCUT2D eigenvalue weighted by Gasteiger charge is 2.33. The van der Waals surface area contributed by atoms with Crippen molar-refractivity contribution in [2.24, 2.45) is 0 Å². The van der Waals surface area contributed by atoms with E-state index < -0.39 is 15.1 Å². The topological polar surface area (TPSA) is 127 Å². The lowest BCUT2D eigenvalue weighted by Gasteiger charge is -2.07. The molecule has 0 aliphatic heterocycles. The summed E-state index contributed by atoms with van der Waals surface area (Å²) < 4.78 is 31.7. The van der Waals surface area contributed by atoms with Gasteiger partial charge in [-0.1, -0.05) is 36.4 Å². The molecule has 4 rings (SSSR count). The van der Waals surface area contributed by atoms with Crippen molar-refractivity contribution >= 4 is 37.4 Å². The van der Waals surface area contributed by atoms with Crippen LogP contribution in [0.4, 0.5) is 4.79 Å². The molecule has 4 aromatic rings. The lowest BCUT2D eigenvalue weighted by molar-refractivity contribution is 0.239. The fourth-order valence-electron chi connectivity index (χ4n) is 3.16. The van der Waals surface area contributed by atoms with Gasteiger partial charge in [-0.15, -0.1) is 21.5 Å². The standard InChI is InChI=1S/C21H21N5O4S2/c1-3-22-21(27)23-12-17-25-26-19(30-17)18(32(2,28)29)20-24-15-10-9-14(11-16(15)31-20)13-7-5-4-6-8-13/h4-11,18H,3,12H2,1-2H3,(H2,22,23,27). The Morgan fingerprint density at radius 1 is 1.09 bits per heavy atom. The van der Waals surface area contributed by atoms with Gasteiger partial charge in [0.05, 0.1) is 16.8 Å². The number of nitrogens with zero attached hydrogens (tertiary/aromatic N) is 3. The summed E-state index contributed by atoms with van der Waals surface area (Å²) in [5.74, 6) is 0.0231. The summed E-state index contributed by atoms with van der Waals surface area (Å²) >= 11 is 1.27. The summed E-state index contributed by atoms with van der Waals surface area (Å²) in [7, 11) is -3.66. The highest BCUT2D eigenvalue weighted by atomic mass is 32.2. The quantitative estimate of drug-likeness (QED) is 0.423. The second-order valence-electron chi connectivity index (χ2n) is 7.06. The summed E-state index contributed by atoms with van der Waals surface area (Å²) in [5, 5.41) is 12.1. The average molecular weight is 472 g/mol. The van der Waals surface area contributed by atoms with E-state index in [1.807, 2.05) is 48.5 Å². The zero-order chi connectivity index (χ0) is 22.7. The summed E-state index contributed by atoms with van der Waals surface area (Å²) in [6.07, 6.45) is 1.11. The molecule has 2 amide bonds. The first-order chi connectivity index (χ1) is 15.3. The number of aromatic nitrogens is 3. The van der Waals surface area contributed by atoms with E-state index in [0.29, 0.717) is 17.1 Å². The first-order valence-electron chi connectivity index (χ1n) is 9.84. The number of carbonyl (C=O) groups is 1. The highest BCUT2D eigenvalue weighted by molar-refractivity contribution is 7.91. The van der Waals surface area contributed by atoms with Gasteiger partial charge in [-0.3, -0.25) is 0 Å². The number of nitrogens with one attached hydrogen (secondary N) is 2. The lowest BCUT2D eigenvalue weighted by atomic mass is 10.1. The molecule has 0 radical (unpaired) electrons. The number of thiazole rings is 1. The molecule has 2 aromatic heterocycles. The van der Waals surface area contributed by atoms with E-state index in [9.17, 15) is 13.2 Å². The van der Waals surface area contributed by atoms with Crippen LogP contribution >= 0.6 is 11.3 Å². The first kappa shape index (κ1) is 21.9. The van der Waals surface area contributed by atoms with Crippen LogP contribution in [0.25, 0.3) is 21.3 Å². The van der Waals surface area contributed by atoms with Gasteiger partial charge < -0.3 is 15.1 Å². The number of amides is 2. The second kappa shape index (κ2) is 9.05. The van der Waals surface area contributed by atoms with E-state index in [1.54, 1.807) is 6.92 Å². The number of urea groups is 1. The molecule has 1 unspecified atom stereocenters. The Hall–Kier alpha value is -3.31. The number of hydrogen-bond acceptors (Lipinski definition) is 8. The minimum Gasteiger partial charge on any atom is -0.421 e. The second-order valence-corrected chi connectivity index (χ2v) is 10.2. The molecule has 2 heterocycles. The van der Waals surface area contributed by atoms with Crippen molar-refractivity contribution in [3.05, 3.63) is 65.3 Å². The monoisotopic (exact) mass is 471 g/mol. The van der Waals surface area contributed by atoms with Crippen molar-refractivity contribution in [3.8, 4) is 11.1 Å². The van der Waals surface area contributed by atoms with Crippen LogP contribution in [-0.2, 0) is 16.4 Å². The molecule has 0 bridgehead atoms. The molecule has 0 aliphatic carbocycles. The molecular formula is C21H21N5O4S2. The summed E-state index contributed by atoms with van der Waals surface area (Å²) in [6, 6.07) is 15.3. The fraction of sp³-hybridized carbons (Fsp3) is 0.238. The van der Waals surface area contributed by atoms with Crippen LogP contribution in [0.15, 0.2) is 52.9 Å². The number of benzene rings is 2. The van der Waals surface area contributed by atoms with Crippen LogP contribution in [0, 0.1) is 0 Å². The maximum absolute atomic E-state index is 12.6. The lowest BCUT2D eigenvalue weighted by Crippen LogP contribution is -2.34. The summed E-state index contributed by atoms with van der Waals surface area (Å²) in [6.45, 7) is 2.25. The molecule has 2 N–H and O–H groups in total. The molecule has 11 heteroatoms. The number of sulfone groups is 1. The number of rotatable bonds is 7. The van der Waals surface area contributed by atoms with Crippen molar-refractivity contribution in [2.75, 3.05) is 12.8 Å². The SMILES string of the molecule is CCNC(=O)NCc1nnc(C(c2nc3ccc(-c4ccccc4)cc3s2)S(C)(=O)=O)o1. The van der Waals surface area contributed by atoms with Crippen molar-refractivity contribution in [3.63, 3.8) is 0 Å². The van der Waals surface area contributed by atoms with E-state index in [1.165, 1.54) is 11.3 Å². The van der Waals surface area contributed by atoms with Crippen LogP contribution in [0.1, 0.15) is 29.0 Å². The normalized spacial score (nSPS) is 12.6. The van der Waals surface area contributed by atoms with Gasteiger partial charge in [-0.05, 0) is 30.2 Å². The maximum atomic E-state index is 12.6. The minimum absolute atomic E-state index is 0.0183. The zero-order valence-electron chi connectivity index (χ0n) is 17.4. The van der Waals surface area contributed by atoms with Gasteiger partial charge in [0.1, 0.15) is 5.01 Å². The number of fused-ring (bicyclic) bond motifs is 1. The van der Waals surface area contributed by atoms with Crippen LogP contribution in [0.3, 0.4) is 0 Å². The Balaban J connectivity index is 1.65. The number of hydrogen-bond donors (Lipinski definition) is 2. The smallest absolute Gasteiger partial charge is 0.315 e. The number of carbonyl (C=O) groups excluding carboxylic acids is 1. The third-order valence-corrected chi connectivity index (χ3v) is 7.12. The van der Waals surface area contributed by atoms with E-state index in [2.05, 4.69) is 25.8 Å². The molecule has 32 heavy (non-hydrogen) atoms. The maximum Gasteiger partial charge on any atom is 0.315 e. The van der Waals surface area contributed by atoms with Crippen molar-refractivity contribution < 1.29 is 17.6 Å².